The van der Waals surface area contributed by atoms with Crippen molar-refractivity contribution in [3.05, 3.63) is 176 Å². The van der Waals surface area contributed by atoms with Crippen molar-refractivity contribution in [3.8, 4) is 5.75 Å². The number of nitrogen functional groups attached to an aromatic ring is 1. The molecule has 6 aromatic rings. The predicted molar refractivity (Wildman–Crippen MR) is 338 cm³/mol. The number of carboxylic acid groups (broad SMARTS) is 1. The zero-order chi connectivity index (χ0) is 68.6. The van der Waals surface area contributed by atoms with Gasteiger partial charge >= 0.3 is 5.97 Å². The molecule has 0 saturated carbocycles. The Balaban J connectivity index is 1.08. The topological polar surface area (TPSA) is 389 Å². The average molecular weight is 1320 g/mol. The van der Waals surface area contributed by atoms with Crippen molar-refractivity contribution >= 4 is 92.8 Å². The van der Waals surface area contributed by atoms with Crippen LogP contribution in [0.2, 0.25) is 0 Å². The Morgan fingerprint density at radius 1 is 0.867 bits per heavy atom. The van der Waals surface area contributed by atoms with Gasteiger partial charge in [-0.15, -0.1) is 0 Å². The molecule has 9 rings (SSSR count). The van der Waals surface area contributed by atoms with E-state index in [0.29, 0.717) is 69.3 Å². The molecule has 29 heteroatoms. The van der Waals surface area contributed by atoms with E-state index in [2.05, 4.69) is 30.6 Å². The molecule has 0 unspecified atom stereocenters. The van der Waals surface area contributed by atoms with Crippen LogP contribution in [-0.4, -0.2) is 125 Å². The number of rotatable bonds is 25. The lowest BCUT2D eigenvalue weighted by molar-refractivity contribution is -0.438. The van der Waals surface area contributed by atoms with Crippen molar-refractivity contribution in [2.75, 3.05) is 40.5 Å². The highest BCUT2D eigenvalue weighted by Crippen LogP contribution is 2.49. The van der Waals surface area contributed by atoms with Gasteiger partial charge in [-0.05, 0) is 153 Å². The highest BCUT2D eigenvalue weighted by molar-refractivity contribution is 7.86. The van der Waals surface area contributed by atoms with Gasteiger partial charge in [-0.25, -0.2) is 23.2 Å². The molecule has 1 aliphatic carbocycles. The quantitative estimate of drug-likeness (QED) is 0.0121. The number of nitrogens with two attached hydrogens (primary N) is 1. The van der Waals surface area contributed by atoms with E-state index < -0.39 is 123 Å². The lowest BCUT2D eigenvalue weighted by atomic mass is 9.81. The van der Waals surface area contributed by atoms with Crippen LogP contribution in [0.4, 0.5) is 23.0 Å². The van der Waals surface area contributed by atoms with Gasteiger partial charge in [-0.3, -0.25) is 28.2 Å². The summed E-state index contributed by atoms with van der Waals surface area (Å²) >= 11 is 0. The number of benzene rings is 4. The molecule has 2 aliphatic heterocycles. The number of aliphatic carboxylic acids is 1. The van der Waals surface area contributed by atoms with Gasteiger partial charge in [0.2, 0.25) is 11.6 Å². The molecule has 9 N–H and O–H groups in total. The molecule has 25 nitrogen and oxygen atoms in total. The van der Waals surface area contributed by atoms with E-state index in [1.807, 2.05) is 37.2 Å². The number of aromatic amines is 1. The maximum absolute atomic E-state index is 13.6. The number of hydrogen-bond donors (Lipinski definition) is 9. The molecule has 0 saturated heterocycles. The Morgan fingerprint density at radius 2 is 1.57 bits per heavy atom. The highest BCUT2D eigenvalue weighted by Gasteiger charge is 2.45. The molecule has 4 aromatic carbocycles. The Morgan fingerprint density at radius 3 is 2.23 bits per heavy atom. The first kappa shape index (κ1) is 60.5. The summed E-state index contributed by atoms with van der Waals surface area (Å²) in [5, 5.41) is 15.9. The number of aromatic nitrogens is 4. The van der Waals surface area contributed by atoms with E-state index >= 15 is 0 Å². The minimum absolute atomic E-state index is 0.0240. The van der Waals surface area contributed by atoms with Gasteiger partial charge in [-0.1, -0.05) is 32.0 Å². The monoisotopic (exact) mass is 1310 g/mol. The third kappa shape index (κ3) is 15.6. The van der Waals surface area contributed by atoms with Crippen LogP contribution in [0, 0.1) is 0 Å². The van der Waals surface area contributed by atoms with Gasteiger partial charge in [0.15, 0.2) is 27.6 Å². The van der Waals surface area contributed by atoms with E-state index in [-0.39, 0.29) is 95.5 Å². The lowest BCUT2D eigenvalue weighted by Gasteiger charge is -2.27. The highest BCUT2D eigenvalue weighted by atomic mass is 32.2. The van der Waals surface area contributed by atoms with Gasteiger partial charge < -0.3 is 31.1 Å². The minimum atomic E-state index is -4.68. The van der Waals surface area contributed by atoms with Crippen molar-refractivity contribution in [1.29, 1.82) is 0 Å². The average Bonchev–Trinajstić information content (AvgIpc) is 1.57. The molecule has 0 radical (unpaired) electrons. The first-order valence-electron chi connectivity index (χ1n) is 30.3. The van der Waals surface area contributed by atoms with Gasteiger partial charge in [0.25, 0.3) is 41.8 Å². The van der Waals surface area contributed by atoms with Crippen LogP contribution in [0.5, 0.6) is 5.75 Å². The van der Waals surface area contributed by atoms with Gasteiger partial charge in [-0.2, -0.15) is 34.8 Å². The number of allylic oxidation sites excluding steroid dienone is 7. The molecule has 0 fully saturated rings. The Bertz CT molecular complexity index is 4730. The maximum atomic E-state index is 13.6. The van der Waals surface area contributed by atoms with Crippen LogP contribution in [0.1, 0.15) is 111 Å². The number of carboxylic acids is 1. The van der Waals surface area contributed by atoms with Crippen LogP contribution in [-0.2, 0) is 69.6 Å². The second-order valence-corrected chi connectivity index (χ2v) is 28.3. The number of nitrogens with zero attached hydrogens (tertiary/aromatic N) is 5. The van der Waals surface area contributed by atoms with Crippen molar-refractivity contribution in [2.24, 2.45) is 0 Å². The molecule has 0 spiro atoms. The Labute approximate surface area is 527 Å². The Hall–Kier alpha value is -8.45. The fourth-order valence-electron chi connectivity index (χ4n) is 11.1. The first-order chi connectivity index (χ1) is 44.0. The number of amides is 1. The molecule has 3 aliphatic rings. The van der Waals surface area contributed by atoms with Crippen molar-refractivity contribution < 1.29 is 76.8 Å². The van der Waals surface area contributed by atoms with E-state index in [1.165, 1.54) is 54.7 Å². The molecule has 1 atom stereocenters. The van der Waals surface area contributed by atoms with E-state index in [1.54, 1.807) is 36.4 Å². The summed E-state index contributed by atoms with van der Waals surface area (Å²) in [6, 6.07) is 10.1. The summed E-state index contributed by atoms with van der Waals surface area (Å²) in [6.07, 6.45) is 9.36. The number of thiol groups is 1. The van der Waals surface area contributed by atoms with Gasteiger partial charge in [0.1, 0.15) is 24.1 Å². The van der Waals surface area contributed by atoms with Crippen molar-refractivity contribution in [1.82, 2.24) is 25.3 Å². The van der Waals surface area contributed by atoms with Gasteiger partial charge in [0.05, 0.1) is 50.6 Å². The fraction of sp³-hybridized carbons (Fsp3) is 0.328. The zero-order valence-electron chi connectivity index (χ0n) is 53.1. The number of anilines is 3. The van der Waals surface area contributed by atoms with E-state index in [0.717, 1.165) is 0 Å². The number of carbonyl (C=O) groups is 2. The number of unbranched alkanes of at least 4 members (excludes halogenated alkanes) is 2. The number of H-pyrrole nitrogens is 1. The van der Waals surface area contributed by atoms with Crippen LogP contribution in [0.3, 0.4) is 0 Å². The first-order valence-corrected chi connectivity index (χ1v) is 34.1. The second-order valence-electron chi connectivity index (χ2n) is 22.7. The molecule has 1 amide bonds. The summed E-state index contributed by atoms with van der Waals surface area (Å²) in [5.41, 5.74) is 8.11. The summed E-state index contributed by atoms with van der Waals surface area (Å²) in [7, 11) is -16.3. The molecule has 2 aromatic heterocycles. The van der Waals surface area contributed by atoms with Gasteiger partial charge in [0, 0.05) is 65.1 Å². The number of ether oxygens (including phenoxy) is 1. The van der Waals surface area contributed by atoms with Crippen LogP contribution >= 0.6 is 0 Å². The van der Waals surface area contributed by atoms with Crippen LogP contribution < -0.4 is 31.6 Å². The van der Waals surface area contributed by atoms with Crippen LogP contribution in [0.15, 0.2) is 153 Å². The number of nitrogens with one attached hydrogen (secondary N) is 3. The summed E-state index contributed by atoms with van der Waals surface area (Å²) in [5.74, 6) is -4.04. The summed E-state index contributed by atoms with van der Waals surface area (Å²) < 4.78 is 171. The standard InChI is InChI=1S/C61H67N9O16S4/c1-60(2)46-33-44(87(75)76)22-24-49(46)69(28-5-7-30-88(77,78)79)51(60)26-16-38-10-9-11-39(17-27-52-61(3,4)47-34-45(90(83,84)85)23-25-50(47)70(52)29-6-8-31-89(80,81)82)54(38)86-43-20-12-37(13-21-43)32-48(58(73)74)66-56(71)40-14-18-41(19-15-40)63-35-42-36-64-55-53(65-42)57(72)68-59(62)67-55/h12-27,33-34,36,48,87H,5-11,28-32,35H2,1-4H3,(H8-,62,63,64,66,67,68,71,72,73,74,77,78,79,80,81,82,83,84,85)/p+1/t48-/m0/s1/i12D,13D,20D,21D. The minimum Gasteiger partial charge on any atom is -0.480 e. The smallest absolute Gasteiger partial charge is 0.326 e. The molecular weight excluding hydrogens is 1240 g/mol. The predicted octanol–water partition coefficient (Wildman–Crippen LogP) is 6.94. The number of hydrogen-bond acceptors (Lipinski definition) is 18. The largest absolute Gasteiger partial charge is 0.480 e. The van der Waals surface area contributed by atoms with Crippen LogP contribution in [0.25, 0.3) is 11.2 Å². The third-order valence-corrected chi connectivity index (χ3v) is 18.8. The van der Waals surface area contributed by atoms with E-state index in [9.17, 15) is 72.3 Å². The third-order valence-electron chi connectivity index (χ3n) is 15.7. The molecule has 4 heterocycles. The summed E-state index contributed by atoms with van der Waals surface area (Å²) in [4.78, 5) is 55.1. The van der Waals surface area contributed by atoms with Crippen molar-refractivity contribution in [2.45, 2.75) is 112 Å². The Kier molecular flexibility index (Phi) is 17.8. The van der Waals surface area contributed by atoms with Crippen molar-refractivity contribution in [3.63, 3.8) is 0 Å². The lowest BCUT2D eigenvalue weighted by Crippen LogP contribution is -2.42. The second kappa shape index (κ2) is 26.6. The molecular formula is C61H68N9O16S4+. The zero-order valence-corrected chi connectivity index (χ0v) is 52.4. The summed E-state index contributed by atoms with van der Waals surface area (Å²) in [6.45, 7) is 7.88. The number of carbonyl (C=O) groups excluding carboxylic acids is 1. The maximum Gasteiger partial charge on any atom is 0.326 e. The molecule has 476 valence electrons. The van der Waals surface area contributed by atoms with E-state index in [4.69, 9.17) is 10.5 Å². The number of fused-ring (bicyclic) bond motifs is 3. The SMILES string of the molecule is [2H]c1c([2H])c(OC2=C(/C=C/C3=[N+](CCCCS(=O)(=O)O)c4ccc([SH](=O)=O)cc4C3(C)C)CCC/C2=C\C=C2\N(CCCCS(=O)(=O)O)c3ccc(S(=O)(=O)O)cc3C2(C)C)c([2H])c([2H])c1C[C@H](NC(=O)c1ccc(NCc2cnc3nc(N)[nH]c(=O)c3n2)cc1)C(=O)O. The normalized spacial score (nSPS) is 17.6. The molecule has 0 bridgehead atoms. The molecule has 90 heavy (non-hydrogen) atoms. The fourth-order valence-corrected chi connectivity index (χ4v) is 13.2.